The van der Waals surface area contributed by atoms with Gasteiger partial charge in [0.25, 0.3) is 0 Å². The molecule has 1 heterocycles. The minimum atomic E-state index is -1.15. The fourth-order valence-corrected chi connectivity index (χ4v) is 2.37. The molecule has 0 radical (unpaired) electrons. The number of allylic oxidation sites excluding steroid dienone is 2. The van der Waals surface area contributed by atoms with E-state index in [4.69, 9.17) is 14.2 Å². The molecule has 0 atom stereocenters. The van der Waals surface area contributed by atoms with Gasteiger partial charge in [-0.1, -0.05) is 6.08 Å². The molecule has 8 nitrogen and oxygen atoms in total. The molecule has 0 saturated heterocycles. The fraction of sp³-hybridized carbons (Fsp3) is 0.167. The van der Waals surface area contributed by atoms with Crippen molar-refractivity contribution in [2.75, 3.05) is 26.2 Å². The summed E-state index contributed by atoms with van der Waals surface area (Å²) >= 11 is 0. The number of ether oxygens (including phenoxy) is 3. The molecular formula is C18H17NO7. The second kappa shape index (κ2) is 8.02. The van der Waals surface area contributed by atoms with Crippen LogP contribution in [-0.4, -0.2) is 44.3 Å². The Morgan fingerprint density at radius 1 is 1.00 bits per heavy atom. The summed E-state index contributed by atoms with van der Waals surface area (Å²) in [5, 5.41) is 9.21. The number of carbonyl (C=O) groups is 3. The second-order valence-electron chi connectivity index (χ2n) is 5.01. The van der Waals surface area contributed by atoms with Crippen LogP contribution >= 0.6 is 0 Å². The highest BCUT2D eigenvalue weighted by molar-refractivity contribution is 6.05. The third kappa shape index (κ3) is 3.59. The summed E-state index contributed by atoms with van der Waals surface area (Å²) in [4.78, 5) is 37.1. The number of hydrogen-bond donors (Lipinski definition) is 1. The predicted molar refractivity (Wildman–Crippen MR) is 91.8 cm³/mol. The van der Waals surface area contributed by atoms with Crippen LogP contribution in [-0.2, 0) is 19.1 Å². The number of anilines is 1. The topological polar surface area (TPSA) is 102 Å². The van der Waals surface area contributed by atoms with Crippen LogP contribution in [0.5, 0.6) is 5.75 Å². The van der Waals surface area contributed by atoms with E-state index in [0.717, 1.165) is 0 Å². The van der Waals surface area contributed by atoms with Gasteiger partial charge in [-0.2, -0.15) is 0 Å². The van der Waals surface area contributed by atoms with E-state index in [1.165, 1.54) is 56.7 Å². The Morgan fingerprint density at radius 3 is 2.27 bits per heavy atom. The van der Waals surface area contributed by atoms with Crippen molar-refractivity contribution in [1.82, 2.24) is 0 Å². The number of carbonyl (C=O) groups excluding carboxylic acids is 2. The van der Waals surface area contributed by atoms with E-state index < -0.39 is 17.9 Å². The van der Waals surface area contributed by atoms with Crippen molar-refractivity contribution >= 4 is 23.6 Å². The first-order valence-electron chi connectivity index (χ1n) is 7.41. The van der Waals surface area contributed by atoms with Crippen molar-refractivity contribution in [1.29, 1.82) is 0 Å². The maximum Gasteiger partial charge on any atom is 0.355 e. The van der Waals surface area contributed by atoms with Gasteiger partial charge in [-0.05, 0) is 24.3 Å². The van der Waals surface area contributed by atoms with Gasteiger partial charge in [0.2, 0.25) is 0 Å². The molecule has 0 unspecified atom stereocenters. The fourth-order valence-electron chi connectivity index (χ4n) is 2.37. The van der Waals surface area contributed by atoms with Crippen molar-refractivity contribution in [2.24, 2.45) is 0 Å². The van der Waals surface area contributed by atoms with Gasteiger partial charge in [0.1, 0.15) is 17.0 Å². The molecule has 136 valence electrons. The van der Waals surface area contributed by atoms with Gasteiger partial charge in [0.15, 0.2) is 0 Å². The molecular weight excluding hydrogens is 342 g/mol. The summed E-state index contributed by atoms with van der Waals surface area (Å²) in [6.45, 7) is 0. The standard InChI is InChI=1S/C18H17NO7/c1-24-14-10-11(7-8-12(14)16(20)21)19-9-5-4-6-13(17(22)25-2)15(19)18(23)26-3/h4-10H,1-3H3,(H,20,21). The van der Waals surface area contributed by atoms with E-state index in [1.807, 2.05) is 0 Å². The van der Waals surface area contributed by atoms with Gasteiger partial charge in [-0.15, -0.1) is 0 Å². The number of carboxylic acids is 1. The molecule has 0 spiro atoms. The highest BCUT2D eigenvalue weighted by Crippen LogP contribution is 2.31. The van der Waals surface area contributed by atoms with E-state index in [2.05, 4.69) is 0 Å². The molecule has 0 fully saturated rings. The third-order valence-corrected chi connectivity index (χ3v) is 3.58. The van der Waals surface area contributed by atoms with E-state index >= 15 is 0 Å². The van der Waals surface area contributed by atoms with Crippen LogP contribution in [0.3, 0.4) is 0 Å². The number of nitrogens with zero attached hydrogens (tertiary/aromatic N) is 1. The highest BCUT2D eigenvalue weighted by Gasteiger charge is 2.28. The Hall–Kier alpha value is -3.55. The monoisotopic (exact) mass is 359 g/mol. The zero-order valence-corrected chi connectivity index (χ0v) is 14.4. The molecule has 1 aromatic rings. The maximum atomic E-state index is 12.3. The maximum absolute atomic E-state index is 12.3. The normalized spacial score (nSPS) is 13.3. The molecule has 26 heavy (non-hydrogen) atoms. The predicted octanol–water partition coefficient (Wildman–Crippen LogP) is 1.88. The molecule has 0 saturated carbocycles. The summed E-state index contributed by atoms with van der Waals surface area (Å²) in [7, 11) is 3.72. The quantitative estimate of drug-likeness (QED) is 0.795. The molecule has 0 bridgehead atoms. The molecule has 0 aromatic heterocycles. The minimum Gasteiger partial charge on any atom is -0.496 e. The van der Waals surface area contributed by atoms with Crippen molar-refractivity contribution in [2.45, 2.75) is 0 Å². The Bertz CT molecular complexity index is 836. The number of methoxy groups -OCH3 is 3. The Kier molecular flexibility index (Phi) is 5.79. The zero-order chi connectivity index (χ0) is 19.3. The largest absolute Gasteiger partial charge is 0.496 e. The number of carboxylic acid groups (broad SMARTS) is 1. The van der Waals surface area contributed by atoms with Crippen LogP contribution < -0.4 is 9.64 Å². The van der Waals surface area contributed by atoms with Crippen LogP contribution in [0.2, 0.25) is 0 Å². The summed E-state index contributed by atoms with van der Waals surface area (Å²) in [6, 6.07) is 4.27. The first-order valence-corrected chi connectivity index (χ1v) is 7.41. The second-order valence-corrected chi connectivity index (χ2v) is 5.01. The van der Waals surface area contributed by atoms with Crippen LogP contribution in [0.4, 0.5) is 5.69 Å². The molecule has 2 rings (SSSR count). The first kappa shape index (κ1) is 18.8. The van der Waals surface area contributed by atoms with Gasteiger partial charge in [-0.3, -0.25) is 0 Å². The summed E-state index contributed by atoms with van der Waals surface area (Å²) in [5.74, 6) is -2.53. The third-order valence-electron chi connectivity index (χ3n) is 3.58. The van der Waals surface area contributed by atoms with Crippen LogP contribution in [0.25, 0.3) is 0 Å². The molecule has 8 heteroatoms. The number of esters is 2. The van der Waals surface area contributed by atoms with E-state index in [9.17, 15) is 19.5 Å². The van der Waals surface area contributed by atoms with Crippen LogP contribution in [0.1, 0.15) is 10.4 Å². The lowest BCUT2D eigenvalue weighted by Gasteiger charge is -2.23. The van der Waals surface area contributed by atoms with E-state index in [1.54, 1.807) is 12.2 Å². The molecule has 0 amide bonds. The average Bonchev–Trinajstić information content (AvgIpc) is 2.88. The molecule has 1 aromatic carbocycles. The van der Waals surface area contributed by atoms with Crippen molar-refractivity contribution in [3.05, 3.63) is 59.5 Å². The SMILES string of the molecule is COC(=O)C1=C(C(=O)OC)N(c2ccc(C(=O)O)c(OC)c2)C=CC=C1. The van der Waals surface area contributed by atoms with Gasteiger partial charge in [0.05, 0.1) is 26.9 Å². The molecule has 0 aliphatic carbocycles. The van der Waals surface area contributed by atoms with Crippen LogP contribution in [0, 0.1) is 0 Å². The number of rotatable bonds is 5. The zero-order valence-electron chi connectivity index (χ0n) is 14.4. The first-order chi connectivity index (χ1) is 12.4. The average molecular weight is 359 g/mol. The lowest BCUT2D eigenvalue weighted by Crippen LogP contribution is -2.27. The molecule has 1 aliphatic rings. The Balaban J connectivity index is 2.67. The number of benzene rings is 1. The lowest BCUT2D eigenvalue weighted by atomic mass is 10.1. The lowest BCUT2D eigenvalue weighted by molar-refractivity contribution is -0.139. The Morgan fingerprint density at radius 2 is 1.69 bits per heavy atom. The van der Waals surface area contributed by atoms with Gasteiger partial charge >= 0.3 is 17.9 Å². The van der Waals surface area contributed by atoms with Gasteiger partial charge < -0.3 is 24.2 Å². The number of hydrogen-bond acceptors (Lipinski definition) is 7. The van der Waals surface area contributed by atoms with Crippen LogP contribution in [0.15, 0.2) is 53.9 Å². The van der Waals surface area contributed by atoms with Crippen molar-refractivity contribution in [3.8, 4) is 5.75 Å². The highest BCUT2D eigenvalue weighted by atomic mass is 16.5. The smallest absolute Gasteiger partial charge is 0.355 e. The molecule has 1 N–H and O–H groups in total. The van der Waals surface area contributed by atoms with E-state index in [0.29, 0.717) is 5.69 Å². The minimum absolute atomic E-state index is 0.00868. The van der Waals surface area contributed by atoms with E-state index in [-0.39, 0.29) is 22.6 Å². The van der Waals surface area contributed by atoms with Gasteiger partial charge in [0, 0.05) is 18.0 Å². The van der Waals surface area contributed by atoms with Crippen molar-refractivity contribution in [3.63, 3.8) is 0 Å². The Labute approximate surface area is 149 Å². The van der Waals surface area contributed by atoms with Crippen molar-refractivity contribution < 1.29 is 33.7 Å². The summed E-state index contributed by atoms with van der Waals surface area (Å²) in [5.41, 5.74) is 0.277. The van der Waals surface area contributed by atoms with Gasteiger partial charge in [-0.25, -0.2) is 14.4 Å². The summed E-state index contributed by atoms with van der Waals surface area (Å²) < 4.78 is 14.7. The number of aromatic carboxylic acids is 1. The summed E-state index contributed by atoms with van der Waals surface area (Å²) in [6.07, 6.45) is 6.14. The molecule has 1 aliphatic heterocycles.